The second kappa shape index (κ2) is 9.80. The Morgan fingerprint density at radius 2 is 1.62 bits per heavy atom. The normalized spacial score (nSPS) is 10.5. The van der Waals surface area contributed by atoms with Crippen LogP contribution in [0.2, 0.25) is 0 Å². The molecule has 0 heterocycles. The molecule has 0 aliphatic rings. The van der Waals surface area contributed by atoms with Crippen LogP contribution < -0.4 is 15.5 Å². The number of carbonyl (C=O) groups excluding carboxylic acids is 2. The summed E-state index contributed by atoms with van der Waals surface area (Å²) in [5, 5.41) is 6.53. The Morgan fingerprint density at radius 1 is 0.931 bits per heavy atom. The Hall–Kier alpha value is -4.00. The standard InChI is InChI=1S/C22H18FN3O3/c23-18-8-10-19(11-9-18)25-21(27)15-29-20-12-6-16(7-13-20)14-24-26-22(28)17-4-2-1-3-5-17/h1-14H,15H2,(H,25,27)(H,26,28)/b24-14+. The predicted octanol–water partition coefficient (Wildman–Crippen LogP) is 3.61. The number of nitrogens with one attached hydrogen (secondary N) is 2. The summed E-state index contributed by atoms with van der Waals surface area (Å²) in [6.07, 6.45) is 1.51. The van der Waals surface area contributed by atoms with E-state index < -0.39 is 0 Å². The average Bonchev–Trinajstić information content (AvgIpc) is 2.75. The molecule has 2 amide bonds. The molecule has 0 bridgehead atoms. The Labute approximate surface area is 167 Å². The van der Waals surface area contributed by atoms with Crippen molar-refractivity contribution in [1.29, 1.82) is 0 Å². The highest BCUT2D eigenvalue weighted by Gasteiger charge is 2.04. The minimum absolute atomic E-state index is 0.183. The molecule has 0 unspecified atom stereocenters. The number of amides is 2. The summed E-state index contributed by atoms with van der Waals surface area (Å²) in [7, 11) is 0. The predicted molar refractivity (Wildman–Crippen MR) is 108 cm³/mol. The molecule has 0 fully saturated rings. The topological polar surface area (TPSA) is 79.8 Å². The number of hydrazone groups is 1. The highest BCUT2D eigenvalue weighted by molar-refractivity contribution is 5.94. The monoisotopic (exact) mass is 391 g/mol. The van der Waals surface area contributed by atoms with E-state index in [4.69, 9.17) is 4.74 Å². The van der Waals surface area contributed by atoms with Crippen molar-refractivity contribution in [2.24, 2.45) is 5.10 Å². The second-order valence-electron chi connectivity index (χ2n) is 5.98. The minimum Gasteiger partial charge on any atom is -0.484 e. The molecule has 3 aromatic rings. The van der Waals surface area contributed by atoms with Gasteiger partial charge in [-0.3, -0.25) is 9.59 Å². The van der Waals surface area contributed by atoms with Crippen molar-refractivity contribution in [3.63, 3.8) is 0 Å². The number of benzene rings is 3. The second-order valence-corrected chi connectivity index (χ2v) is 5.98. The van der Waals surface area contributed by atoms with Crippen LogP contribution in [0, 0.1) is 5.82 Å². The molecule has 6 nitrogen and oxygen atoms in total. The zero-order valence-electron chi connectivity index (χ0n) is 15.3. The third-order valence-corrected chi connectivity index (χ3v) is 3.79. The first kappa shape index (κ1) is 19.8. The molecular formula is C22H18FN3O3. The third kappa shape index (κ3) is 6.28. The van der Waals surface area contributed by atoms with Gasteiger partial charge in [0.2, 0.25) is 0 Å². The minimum atomic E-state index is -0.373. The fourth-order valence-electron chi connectivity index (χ4n) is 2.35. The van der Waals surface area contributed by atoms with Crippen LogP contribution in [0.3, 0.4) is 0 Å². The maximum atomic E-state index is 12.9. The van der Waals surface area contributed by atoms with E-state index >= 15 is 0 Å². The van der Waals surface area contributed by atoms with Crippen LogP contribution in [0.15, 0.2) is 84.0 Å². The van der Waals surface area contributed by atoms with Crippen molar-refractivity contribution in [3.8, 4) is 5.75 Å². The number of hydrogen-bond donors (Lipinski definition) is 2. The first-order valence-corrected chi connectivity index (χ1v) is 8.77. The molecule has 0 aromatic heterocycles. The number of nitrogens with zero attached hydrogens (tertiary/aromatic N) is 1. The van der Waals surface area contributed by atoms with Crippen LogP contribution in [0.5, 0.6) is 5.75 Å². The third-order valence-electron chi connectivity index (χ3n) is 3.79. The van der Waals surface area contributed by atoms with Gasteiger partial charge in [0.1, 0.15) is 11.6 Å². The largest absolute Gasteiger partial charge is 0.484 e. The Kier molecular flexibility index (Phi) is 6.67. The Morgan fingerprint density at radius 3 is 2.31 bits per heavy atom. The van der Waals surface area contributed by atoms with Crippen molar-refractivity contribution in [2.45, 2.75) is 0 Å². The molecule has 146 valence electrons. The van der Waals surface area contributed by atoms with Gasteiger partial charge in [0, 0.05) is 11.3 Å². The number of hydrogen-bond acceptors (Lipinski definition) is 4. The first-order chi connectivity index (χ1) is 14.1. The van der Waals surface area contributed by atoms with Gasteiger partial charge in [-0.1, -0.05) is 18.2 Å². The zero-order valence-corrected chi connectivity index (χ0v) is 15.3. The molecule has 0 spiro atoms. The number of carbonyl (C=O) groups is 2. The summed E-state index contributed by atoms with van der Waals surface area (Å²) >= 11 is 0. The molecule has 0 saturated carbocycles. The van der Waals surface area contributed by atoms with Crippen LogP contribution in [0.1, 0.15) is 15.9 Å². The Balaban J connectivity index is 1.45. The molecule has 7 heteroatoms. The summed E-state index contributed by atoms with van der Waals surface area (Å²) in [5.74, 6) is -0.521. The highest BCUT2D eigenvalue weighted by Crippen LogP contribution is 2.12. The number of rotatable bonds is 7. The molecule has 29 heavy (non-hydrogen) atoms. The van der Waals surface area contributed by atoms with E-state index in [0.29, 0.717) is 17.0 Å². The average molecular weight is 391 g/mol. The van der Waals surface area contributed by atoms with Gasteiger partial charge in [-0.2, -0.15) is 5.10 Å². The van der Waals surface area contributed by atoms with Crippen molar-refractivity contribution >= 4 is 23.7 Å². The van der Waals surface area contributed by atoms with Crippen molar-refractivity contribution < 1.29 is 18.7 Å². The molecule has 0 aliphatic carbocycles. The van der Waals surface area contributed by atoms with E-state index in [1.54, 1.807) is 48.5 Å². The van der Waals surface area contributed by atoms with Crippen molar-refractivity contribution in [2.75, 3.05) is 11.9 Å². The number of ether oxygens (including phenoxy) is 1. The summed E-state index contributed by atoms with van der Waals surface area (Å²) in [4.78, 5) is 23.8. The van der Waals surface area contributed by atoms with Gasteiger partial charge in [0.15, 0.2) is 6.61 Å². The van der Waals surface area contributed by atoms with Gasteiger partial charge in [-0.25, -0.2) is 9.82 Å². The maximum absolute atomic E-state index is 12.9. The molecule has 2 N–H and O–H groups in total. The van der Waals surface area contributed by atoms with E-state index in [-0.39, 0.29) is 24.2 Å². The van der Waals surface area contributed by atoms with Crippen molar-refractivity contribution in [3.05, 3.63) is 95.8 Å². The molecule has 0 atom stereocenters. The van der Waals surface area contributed by atoms with E-state index in [2.05, 4.69) is 15.8 Å². The lowest BCUT2D eigenvalue weighted by molar-refractivity contribution is -0.118. The maximum Gasteiger partial charge on any atom is 0.271 e. The van der Waals surface area contributed by atoms with Gasteiger partial charge in [0.25, 0.3) is 11.8 Å². The number of anilines is 1. The summed E-state index contributed by atoms with van der Waals surface area (Å²) in [6, 6.07) is 21.1. The van der Waals surface area contributed by atoms with Gasteiger partial charge in [0.05, 0.1) is 6.21 Å². The molecule has 3 rings (SSSR count). The molecular weight excluding hydrogens is 373 g/mol. The SMILES string of the molecule is O=C(COc1ccc(/C=N/NC(=O)c2ccccc2)cc1)Nc1ccc(F)cc1. The summed E-state index contributed by atoms with van der Waals surface area (Å²) in [6.45, 7) is -0.183. The first-order valence-electron chi connectivity index (χ1n) is 8.77. The van der Waals surface area contributed by atoms with Crippen LogP contribution in [-0.4, -0.2) is 24.6 Å². The van der Waals surface area contributed by atoms with Crippen LogP contribution in [0.25, 0.3) is 0 Å². The fourth-order valence-corrected chi connectivity index (χ4v) is 2.35. The highest BCUT2D eigenvalue weighted by atomic mass is 19.1. The van der Waals surface area contributed by atoms with Crippen molar-refractivity contribution in [1.82, 2.24) is 5.43 Å². The van der Waals surface area contributed by atoms with Gasteiger partial charge in [-0.15, -0.1) is 0 Å². The lowest BCUT2D eigenvalue weighted by Gasteiger charge is -2.07. The van der Waals surface area contributed by atoms with E-state index in [1.807, 2.05) is 6.07 Å². The molecule has 0 aliphatic heterocycles. The molecule has 0 saturated heterocycles. The summed E-state index contributed by atoms with van der Waals surface area (Å²) in [5.41, 5.74) is 4.21. The lowest BCUT2D eigenvalue weighted by Crippen LogP contribution is -2.20. The quantitative estimate of drug-likeness (QED) is 0.477. The molecule has 3 aromatic carbocycles. The van der Waals surface area contributed by atoms with E-state index in [1.165, 1.54) is 30.5 Å². The van der Waals surface area contributed by atoms with E-state index in [0.717, 1.165) is 5.56 Å². The zero-order chi connectivity index (χ0) is 20.5. The fraction of sp³-hybridized carbons (Fsp3) is 0.0455. The van der Waals surface area contributed by atoms with Gasteiger partial charge < -0.3 is 10.1 Å². The van der Waals surface area contributed by atoms with Gasteiger partial charge >= 0.3 is 0 Å². The summed E-state index contributed by atoms with van der Waals surface area (Å²) < 4.78 is 18.3. The van der Waals surface area contributed by atoms with Crippen LogP contribution in [-0.2, 0) is 4.79 Å². The van der Waals surface area contributed by atoms with Crippen LogP contribution >= 0.6 is 0 Å². The smallest absolute Gasteiger partial charge is 0.271 e. The Bertz CT molecular complexity index is 988. The van der Waals surface area contributed by atoms with E-state index in [9.17, 15) is 14.0 Å². The van der Waals surface area contributed by atoms with Crippen LogP contribution in [0.4, 0.5) is 10.1 Å². The lowest BCUT2D eigenvalue weighted by atomic mass is 10.2. The van der Waals surface area contributed by atoms with Gasteiger partial charge in [-0.05, 0) is 66.2 Å². The number of halogens is 1. The molecule has 0 radical (unpaired) electrons.